The molecule has 0 saturated carbocycles. The van der Waals surface area contributed by atoms with Crippen molar-refractivity contribution in [3.8, 4) is 0 Å². The highest BCUT2D eigenvalue weighted by molar-refractivity contribution is 7.98. The number of amides is 1. The number of thioether (sulfide) groups is 1. The Morgan fingerprint density at radius 1 is 1.36 bits per heavy atom. The van der Waals surface area contributed by atoms with E-state index in [0.717, 1.165) is 31.4 Å². The lowest BCUT2D eigenvalue weighted by Gasteiger charge is -2.11. The quantitative estimate of drug-likeness (QED) is 0.481. The average Bonchev–Trinajstić information content (AvgIpc) is 2.98. The maximum Gasteiger partial charge on any atom is 0.325 e. The van der Waals surface area contributed by atoms with Gasteiger partial charge in [-0.1, -0.05) is 0 Å². The molecule has 0 spiro atoms. The van der Waals surface area contributed by atoms with Gasteiger partial charge in [-0.25, -0.2) is 4.98 Å². The molecule has 1 amide bonds. The lowest BCUT2D eigenvalue weighted by molar-refractivity contribution is -0.141. The summed E-state index contributed by atoms with van der Waals surface area (Å²) in [6.07, 6.45) is 5.67. The molecule has 25 heavy (non-hydrogen) atoms. The van der Waals surface area contributed by atoms with E-state index < -0.39 is 11.9 Å². The Hall–Kier alpha value is -1.87. The van der Waals surface area contributed by atoms with Crippen LogP contribution >= 0.6 is 23.1 Å². The predicted octanol–water partition coefficient (Wildman–Crippen LogP) is 1.65. The van der Waals surface area contributed by atoms with Crippen LogP contribution in [0.25, 0.3) is 4.96 Å². The summed E-state index contributed by atoms with van der Waals surface area (Å²) in [4.78, 5) is 43.3. The zero-order valence-corrected chi connectivity index (χ0v) is 15.7. The second-order valence-corrected chi connectivity index (χ2v) is 7.44. The summed E-state index contributed by atoms with van der Waals surface area (Å²) in [5.74, 6) is -1.14. The molecular formula is C16H19N3O4S2. The topological polar surface area (TPSA) is 89.8 Å². The third-order valence-corrected chi connectivity index (χ3v) is 5.84. The van der Waals surface area contributed by atoms with Crippen LogP contribution in [-0.4, -0.2) is 40.7 Å². The number of nitrogens with one attached hydrogen (secondary N) is 1. The van der Waals surface area contributed by atoms with Crippen LogP contribution < -0.4 is 10.9 Å². The summed E-state index contributed by atoms with van der Waals surface area (Å²) in [6, 6.07) is 0. The normalized spacial score (nSPS) is 13.5. The number of fused-ring (bicyclic) bond motifs is 3. The number of thiazole rings is 1. The molecule has 0 atom stereocenters. The van der Waals surface area contributed by atoms with Crippen LogP contribution in [0.4, 0.5) is 0 Å². The number of esters is 1. The minimum atomic E-state index is -0.597. The molecule has 0 unspecified atom stereocenters. The van der Waals surface area contributed by atoms with Gasteiger partial charge >= 0.3 is 5.97 Å². The SMILES string of the molecule is CCOC(=O)CNC(=O)c1c(SC)nc2sc3c(n2c1=O)CCCC3. The molecule has 0 saturated heterocycles. The van der Waals surface area contributed by atoms with Gasteiger partial charge in [-0.2, -0.15) is 0 Å². The van der Waals surface area contributed by atoms with E-state index in [-0.39, 0.29) is 24.3 Å². The maximum atomic E-state index is 13.0. The summed E-state index contributed by atoms with van der Waals surface area (Å²) >= 11 is 2.77. The van der Waals surface area contributed by atoms with E-state index in [1.807, 2.05) is 0 Å². The van der Waals surface area contributed by atoms with E-state index in [0.29, 0.717) is 9.99 Å². The number of nitrogens with zero attached hydrogens (tertiary/aromatic N) is 2. The lowest BCUT2D eigenvalue weighted by Crippen LogP contribution is -2.36. The van der Waals surface area contributed by atoms with Crippen molar-refractivity contribution in [3.05, 3.63) is 26.5 Å². The first kappa shape index (κ1) is 17.9. The van der Waals surface area contributed by atoms with Gasteiger partial charge in [0, 0.05) is 10.6 Å². The molecule has 7 nitrogen and oxygen atoms in total. The standard InChI is InChI=1S/C16H19N3O4S2/c1-3-23-11(20)8-17-13(21)12-14(24-2)18-16-19(15(12)22)9-6-4-5-7-10(9)25-16/h3-8H2,1-2H3,(H,17,21). The number of ether oxygens (including phenoxy) is 1. The zero-order valence-electron chi connectivity index (χ0n) is 14.1. The third-order valence-electron chi connectivity index (χ3n) is 4.01. The van der Waals surface area contributed by atoms with Crippen LogP contribution in [0.2, 0.25) is 0 Å². The van der Waals surface area contributed by atoms with Gasteiger partial charge in [-0.05, 0) is 38.9 Å². The first-order valence-corrected chi connectivity index (χ1v) is 10.2. The number of hydrogen-bond donors (Lipinski definition) is 1. The molecule has 1 aliphatic rings. The Kier molecular flexibility index (Phi) is 5.43. The van der Waals surface area contributed by atoms with Crippen LogP contribution in [0.1, 0.15) is 40.7 Å². The fourth-order valence-electron chi connectivity index (χ4n) is 2.90. The summed E-state index contributed by atoms with van der Waals surface area (Å²) in [7, 11) is 0. The molecule has 3 rings (SSSR count). The van der Waals surface area contributed by atoms with Crippen molar-refractivity contribution in [1.82, 2.24) is 14.7 Å². The molecule has 0 radical (unpaired) electrons. The lowest BCUT2D eigenvalue weighted by atomic mass is 10.0. The Balaban J connectivity index is 2.01. The third kappa shape index (κ3) is 3.43. The second-order valence-electron chi connectivity index (χ2n) is 5.59. The molecule has 0 fully saturated rings. The van der Waals surface area contributed by atoms with Crippen molar-refractivity contribution in [2.75, 3.05) is 19.4 Å². The summed E-state index contributed by atoms with van der Waals surface area (Å²) < 4.78 is 6.36. The zero-order chi connectivity index (χ0) is 18.0. The maximum absolute atomic E-state index is 13.0. The second kappa shape index (κ2) is 7.57. The van der Waals surface area contributed by atoms with Gasteiger partial charge < -0.3 is 10.1 Å². The molecule has 9 heteroatoms. The fraction of sp³-hybridized carbons (Fsp3) is 0.500. The van der Waals surface area contributed by atoms with Crippen molar-refractivity contribution in [2.24, 2.45) is 0 Å². The Morgan fingerprint density at radius 3 is 2.84 bits per heavy atom. The van der Waals surface area contributed by atoms with Crippen LogP contribution in [-0.2, 0) is 22.4 Å². The molecular weight excluding hydrogens is 362 g/mol. The Labute approximate surface area is 152 Å². The van der Waals surface area contributed by atoms with Gasteiger partial charge in [0.15, 0.2) is 4.96 Å². The largest absolute Gasteiger partial charge is 0.465 e. The summed E-state index contributed by atoms with van der Waals surface area (Å²) in [6.45, 7) is 1.65. The van der Waals surface area contributed by atoms with Crippen molar-refractivity contribution >= 4 is 39.9 Å². The minimum Gasteiger partial charge on any atom is -0.465 e. The summed E-state index contributed by atoms with van der Waals surface area (Å²) in [5.41, 5.74) is 0.589. The highest BCUT2D eigenvalue weighted by Crippen LogP contribution is 2.29. The number of carbonyl (C=O) groups is 2. The molecule has 2 aromatic heterocycles. The van der Waals surface area contributed by atoms with Crippen molar-refractivity contribution in [3.63, 3.8) is 0 Å². The first-order valence-electron chi connectivity index (χ1n) is 8.12. The Bertz CT molecular complexity index is 888. The number of carbonyl (C=O) groups excluding carboxylic acids is 2. The Morgan fingerprint density at radius 2 is 2.12 bits per heavy atom. The van der Waals surface area contributed by atoms with E-state index in [1.165, 1.54) is 28.0 Å². The number of rotatable bonds is 5. The monoisotopic (exact) mass is 381 g/mol. The van der Waals surface area contributed by atoms with E-state index in [9.17, 15) is 14.4 Å². The van der Waals surface area contributed by atoms with Gasteiger partial charge in [0.1, 0.15) is 17.1 Å². The van der Waals surface area contributed by atoms with Crippen molar-refractivity contribution < 1.29 is 14.3 Å². The van der Waals surface area contributed by atoms with Crippen LogP contribution in [0, 0.1) is 0 Å². The fourth-order valence-corrected chi connectivity index (χ4v) is 4.72. The minimum absolute atomic E-state index is 0.0135. The van der Waals surface area contributed by atoms with Gasteiger partial charge in [0.2, 0.25) is 0 Å². The smallest absolute Gasteiger partial charge is 0.325 e. The van der Waals surface area contributed by atoms with Gasteiger partial charge in [0.05, 0.1) is 6.61 Å². The van der Waals surface area contributed by atoms with E-state index in [2.05, 4.69) is 10.3 Å². The molecule has 1 N–H and O–H groups in total. The highest BCUT2D eigenvalue weighted by atomic mass is 32.2. The van der Waals surface area contributed by atoms with Gasteiger partial charge in [-0.3, -0.25) is 18.8 Å². The van der Waals surface area contributed by atoms with Gasteiger partial charge in [-0.15, -0.1) is 23.1 Å². The van der Waals surface area contributed by atoms with Crippen molar-refractivity contribution in [2.45, 2.75) is 37.6 Å². The van der Waals surface area contributed by atoms with E-state index in [4.69, 9.17) is 4.74 Å². The van der Waals surface area contributed by atoms with Crippen LogP contribution in [0.3, 0.4) is 0 Å². The molecule has 0 aliphatic heterocycles. The number of aryl methyl sites for hydroxylation is 2. The summed E-state index contributed by atoms with van der Waals surface area (Å²) in [5, 5.41) is 2.84. The van der Waals surface area contributed by atoms with Crippen LogP contribution in [0.15, 0.2) is 9.82 Å². The number of hydrogen-bond acceptors (Lipinski definition) is 7. The molecule has 1 aliphatic carbocycles. The molecule has 2 aromatic rings. The first-order chi connectivity index (χ1) is 12.1. The molecule has 0 bridgehead atoms. The van der Waals surface area contributed by atoms with Gasteiger partial charge in [0.25, 0.3) is 11.5 Å². The predicted molar refractivity (Wildman–Crippen MR) is 96.7 cm³/mol. The molecule has 2 heterocycles. The van der Waals surface area contributed by atoms with E-state index in [1.54, 1.807) is 17.6 Å². The average molecular weight is 381 g/mol. The number of aromatic nitrogens is 2. The molecule has 134 valence electrons. The highest BCUT2D eigenvalue weighted by Gasteiger charge is 2.25. The van der Waals surface area contributed by atoms with Crippen molar-refractivity contribution in [1.29, 1.82) is 0 Å². The molecule has 0 aromatic carbocycles. The van der Waals surface area contributed by atoms with E-state index >= 15 is 0 Å². The van der Waals surface area contributed by atoms with Crippen LogP contribution in [0.5, 0.6) is 0 Å².